The Morgan fingerprint density at radius 1 is 1.27 bits per heavy atom. The SMILES string of the molecule is C=CC(=O)N1CCCC(n2cc(Nc3ncc(C(N)=O)c(Nc4c(C)cc(C(=O)NC#N)cc4OC)n3)cn2)C1. The van der Waals surface area contributed by atoms with Crippen LogP contribution in [0.25, 0.3) is 0 Å². The summed E-state index contributed by atoms with van der Waals surface area (Å²) in [4.78, 5) is 46.7. The molecule has 14 nitrogen and oxygen atoms in total. The highest BCUT2D eigenvalue weighted by Crippen LogP contribution is 2.33. The quantitative estimate of drug-likeness (QED) is 0.176. The minimum absolute atomic E-state index is 0.0113. The number of nitrogens with two attached hydrogens (primary N) is 1. The zero-order valence-corrected chi connectivity index (χ0v) is 22.0. The molecule has 1 fully saturated rings. The van der Waals surface area contributed by atoms with Crippen molar-refractivity contribution in [1.29, 1.82) is 5.26 Å². The molecule has 1 unspecified atom stereocenters. The van der Waals surface area contributed by atoms with E-state index in [1.165, 1.54) is 25.4 Å². The van der Waals surface area contributed by atoms with E-state index < -0.39 is 11.8 Å². The molecule has 0 aliphatic carbocycles. The van der Waals surface area contributed by atoms with E-state index in [0.29, 0.717) is 30.0 Å². The van der Waals surface area contributed by atoms with E-state index >= 15 is 0 Å². The number of aryl methyl sites for hydroxylation is 1. The van der Waals surface area contributed by atoms with Gasteiger partial charge in [0.15, 0.2) is 6.19 Å². The first kappa shape index (κ1) is 27.6. The molecule has 0 saturated carbocycles. The molecule has 3 aromatic rings. The summed E-state index contributed by atoms with van der Waals surface area (Å²) < 4.78 is 7.23. The van der Waals surface area contributed by atoms with Crippen LogP contribution >= 0.6 is 0 Å². The number of nitrogens with one attached hydrogen (secondary N) is 3. The number of aromatic nitrogens is 4. The maximum Gasteiger partial charge on any atom is 0.264 e. The number of primary amides is 1. The van der Waals surface area contributed by atoms with Gasteiger partial charge in [-0.3, -0.25) is 24.4 Å². The number of nitriles is 1. The van der Waals surface area contributed by atoms with E-state index in [2.05, 4.69) is 37.6 Å². The van der Waals surface area contributed by atoms with Crippen molar-refractivity contribution in [2.75, 3.05) is 30.8 Å². The lowest BCUT2D eigenvalue weighted by Crippen LogP contribution is -2.39. The van der Waals surface area contributed by atoms with Gasteiger partial charge in [-0.1, -0.05) is 6.58 Å². The van der Waals surface area contributed by atoms with Crippen LogP contribution in [0.2, 0.25) is 0 Å². The molecule has 0 spiro atoms. The smallest absolute Gasteiger partial charge is 0.264 e. The molecular weight excluding hydrogens is 516 g/mol. The van der Waals surface area contributed by atoms with E-state index in [9.17, 15) is 14.4 Å². The Morgan fingerprint density at radius 2 is 2.08 bits per heavy atom. The van der Waals surface area contributed by atoms with Crippen molar-refractivity contribution in [3.8, 4) is 11.9 Å². The number of anilines is 4. The molecule has 3 amide bonds. The van der Waals surface area contributed by atoms with Gasteiger partial charge in [0, 0.05) is 31.0 Å². The minimum atomic E-state index is -0.751. The molecule has 1 aliphatic rings. The molecule has 4 rings (SSSR count). The largest absolute Gasteiger partial charge is 0.495 e. The number of hydrogen-bond donors (Lipinski definition) is 4. The Kier molecular flexibility index (Phi) is 8.24. The number of carbonyl (C=O) groups is 3. The molecule has 3 heterocycles. The molecule has 5 N–H and O–H groups in total. The van der Waals surface area contributed by atoms with Gasteiger partial charge in [0.2, 0.25) is 11.9 Å². The standard InChI is InChI=1S/C26H28N10O4/c1-4-21(37)35-7-5-6-18(13-35)36-12-17(10-31-36)32-26-29-11-19(23(28)38)24(34-26)33-22-15(2)8-16(9-20(22)40-3)25(39)30-14-27/h4,8-12,18H,1,5-7,13H2,2-3H3,(H2,28,38)(H,30,39)(H2,29,32,33,34). The summed E-state index contributed by atoms with van der Waals surface area (Å²) in [5.41, 5.74) is 7.44. The van der Waals surface area contributed by atoms with Gasteiger partial charge in [-0.15, -0.1) is 0 Å². The second-order valence-electron chi connectivity index (χ2n) is 9.00. The Balaban J connectivity index is 1.58. The van der Waals surface area contributed by atoms with Crippen LogP contribution < -0.4 is 26.4 Å². The molecule has 40 heavy (non-hydrogen) atoms. The molecule has 1 aromatic carbocycles. The zero-order valence-electron chi connectivity index (χ0n) is 22.0. The zero-order chi connectivity index (χ0) is 28.8. The van der Waals surface area contributed by atoms with E-state index in [4.69, 9.17) is 15.7 Å². The van der Waals surface area contributed by atoms with Gasteiger partial charge < -0.3 is 26.0 Å². The number of piperidine rings is 1. The van der Waals surface area contributed by atoms with Crippen molar-refractivity contribution in [1.82, 2.24) is 30.0 Å². The summed E-state index contributed by atoms with van der Waals surface area (Å²) >= 11 is 0. The molecular formula is C26H28N10O4. The molecule has 14 heteroatoms. The number of benzene rings is 1. The summed E-state index contributed by atoms with van der Waals surface area (Å²) in [5.74, 6) is -0.885. The highest BCUT2D eigenvalue weighted by Gasteiger charge is 2.24. The summed E-state index contributed by atoms with van der Waals surface area (Å²) in [6.07, 6.45) is 9.34. The Labute approximate surface area is 229 Å². The molecule has 1 saturated heterocycles. The van der Waals surface area contributed by atoms with Gasteiger partial charge >= 0.3 is 0 Å². The third-order valence-corrected chi connectivity index (χ3v) is 6.36. The Hall–Kier alpha value is -5.45. The number of hydrogen-bond acceptors (Lipinski definition) is 10. The number of ether oxygens (including phenoxy) is 1. The van der Waals surface area contributed by atoms with Gasteiger partial charge in [-0.2, -0.15) is 15.3 Å². The fourth-order valence-electron chi connectivity index (χ4n) is 4.40. The molecule has 2 aromatic heterocycles. The van der Waals surface area contributed by atoms with Crippen molar-refractivity contribution >= 4 is 40.9 Å². The van der Waals surface area contributed by atoms with E-state index in [0.717, 1.165) is 12.8 Å². The topological polar surface area (TPSA) is 193 Å². The molecule has 206 valence electrons. The molecule has 0 bridgehead atoms. The number of carbonyl (C=O) groups excluding carboxylic acids is 3. The summed E-state index contributed by atoms with van der Waals surface area (Å²) in [5, 5.41) is 21.4. The number of nitrogens with zero attached hydrogens (tertiary/aromatic N) is 6. The van der Waals surface area contributed by atoms with E-state index in [1.54, 1.807) is 41.2 Å². The van der Waals surface area contributed by atoms with Gasteiger partial charge in [0.05, 0.1) is 30.7 Å². The fraction of sp³-hybridized carbons (Fsp3) is 0.269. The number of likely N-dealkylation sites (tertiary alicyclic amines) is 1. The lowest BCUT2D eigenvalue weighted by atomic mass is 10.1. The Bertz CT molecular complexity index is 1510. The monoisotopic (exact) mass is 544 g/mol. The number of amides is 3. The minimum Gasteiger partial charge on any atom is -0.495 e. The first-order chi connectivity index (χ1) is 19.2. The first-order valence-corrected chi connectivity index (χ1v) is 12.3. The van der Waals surface area contributed by atoms with Gasteiger partial charge in [0.25, 0.3) is 11.8 Å². The third kappa shape index (κ3) is 5.99. The van der Waals surface area contributed by atoms with Gasteiger partial charge in [-0.25, -0.2) is 4.98 Å². The lowest BCUT2D eigenvalue weighted by Gasteiger charge is -2.32. The maximum atomic E-state index is 12.1. The van der Waals surface area contributed by atoms with E-state index in [1.807, 2.05) is 0 Å². The van der Waals surface area contributed by atoms with Crippen LogP contribution in [0.3, 0.4) is 0 Å². The highest BCUT2D eigenvalue weighted by molar-refractivity contribution is 5.99. The summed E-state index contributed by atoms with van der Waals surface area (Å²) in [6.45, 7) is 6.50. The van der Waals surface area contributed by atoms with Crippen LogP contribution in [0, 0.1) is 18.4 Å². The molecule has 1 aliphatic heterocycles. The second kappa shape index (κ2) is 11.9. The first-order valence-electron chi connectivity index (χ1n) is 12.3. The Morgan fingerprint density at radius 3 is 2.77 bits per heavy atom. The molecule has 1 atom stereocenters. The van der Waals surface area contributed by atoms with Gasteiger partial charge in [-0.05, 0) is 43.5 Å². The highest BCUT2D eigenvalue weighted by atomic mass is 16.5. The molecule has 0 radical (unpaired) electrons. The number of rotatable bonds is 9. The number of methoxy groups -OCH3 is 1. The van der Waals surface area contributed by atoms with Crippen molar-refractivity contribution < 1.29 is 19.1 Å². The van der Waals surface area contributed by atoms with Crippen LogP contribution in [-0.2, 0) is 4.79 Å². The van der Waals surface area contributed by atoms with Crippen molar-refractivity contribution in [2.24, 2.45) is 5.73 Å². The predicted octanol–water partition coefficient (Wildman–Crippen LogP) is 2.14. The average molecular weight is 545 g/mol. The maximum absolute atomic E-state index is 12.1. The second-order valence-corrected chi connectivity index (χ2v) is 9.00. The van der Waals surface area contributed by atoms with Crippen LogP contribution in [0.4, 0.5) is 23.1 Å². The van der Waals surface area contributed by atoms with Crippen LogP contribution in [0.1, 0.15) is 45.2 Å². The summed E-state index contributed by atoms with van der Waals surface area (Å²) in [6, 6.07) is 3.03. The van der Waals surface area contributed by atoms with Crippen LogP contribution in [0.5, 0.6) is 5.75 Å². The normalized spacial score (nSPS) is 14.5. The van der Waals surface area contributed by atoms with Crippen molar-refractivity contribution in [3.63, 3.8) is 0 Å². The lowest BCUT2D eigenvalue weighted by molar-refractivity contribution is -0.127. The summed E-state index contributed by atoms with van der Waals surface area (Å²) in [7, 11) is 1.42. The van der Waals surface area contributed by atoms with Gasteiger partial charge in [0.1, 0.15) is 17.1 Å². The van der Waals surface area contributed by atoms with Crippen molar-refractivity contribution in [2.45, 2.75) is 25.8 Å². The van der Waals surface area contributed by atoms with Crippen LogP contribution in [0.15, 0.2) is 43.4 Å². The van der Waals surface area contributed by atoms with Crippen molar-refractivity contribution in [3.05, 3.63) is 60.1 Å². The van der Waals surface area contributed by atoms with Crippen LogP contribution in [-0.4, -0.2) is 62.6 Å². The average Bonchev–Trinajstić information content (AvgIpc) is 3.42. The third-order valence-electron chi connectivity index (χ3n) is 6.36. The predicted molar refractivity (Wildman–Crippen MR) is 145 cm³/mol. The fourth-order valence-corrected chi connectivity index (χ4v) is 4.40. The van der Waals surface area contributed by atoms with E-state index in [-0.39, 0.29) is 40.6 Å².